The number of carbonyl (C=O) groups is 1. The van der Waals surface area contributed by atoms with Crippen LogP contribution >= 0.6 is 11.6 Å². The van der Waals surface area contributed by atoms with E-state index in [0.717, 1.165) is 25.3 Å². The normalized spacial score (nSPS) is 33.4. The number of fused-ring (bicyclic) bond motifs is 2. The SMILES string of the molecule is CC(=O)c1cc(Cl)c(OCC2(C#N)C(C)CC3CC(C)CC2C3)cc1F. The number of rotatable bonds is 4. The lowest BCUT2D eigenvalue weighted by Crippen LogP contribution is -2.49. The van der Waals surface area contributed by atoms with Crippen molar-refractivity contribution in [1.29, 1.82) is 5.26 Å². The Labute approximate surface area is 159 Å². The van der Waals surface area contributed by atoms with Gasteiger partial charge in [0.2, 0.25) is 0 Å². The van der Waals surface area contributed by atoms with Gasteiger partial charge < -0.3 is 4.74 Å². The van der Waals surface area contributed by atoms with Crippen molar-refractivity contribution in [3.63, 3.8) is 0 Å². The zero-order valence-corrected chi connectivity index (χ0v) is 16.3. The lowest BCUT2D eigenvalue weighted by Gasteiger charge is -2.50. The highest BCUT2D eigenvalue weighted by atomic mass is 35.5. The zero-order chi connectivity index (χ0) is 19.1. The Bertz CT molecular complexity index is 755. The Morgan fingerprint density at radius 2 is 2.08 bits per heavy atom. The number of carbonyl (C=O) groups excluding carboxylic acids is 1. The summed E-state index contributed by atoms with van der Waals surface area (Å²) in [5.41, 5.74) is -0.628. The largest absolute Gasteiger partial charge is 0.490 e. The average Bonchev–Trinajstić information content (AvgIpc) is 2.56. The predicted molar refractivity (Wildman–Crippen MR) is 98.7 cm³/mol. The molecule has 140 valence electrons. The van der Waals surface area contributed by atoms with E-state index < -0.39 is 11.2 Å². The van der Waals surface area contributed by atoms with Gasteiger partial charge in [0.1, 0.15) is 18.2 Å². The molecule has 2 fully saturated rings. The topological polar surface area (TPSA) is 50.1 Å². The maximum Gasteiger partial charge on any atom is 0.162 e. The third-order valence-corrected chi connectivity index (χ3v) is 6.71. The van der Waals surface area contributed by atoms with Crippen molar-refractivity contribution < 1.29 is 13.9 Å². The lowest BCUT2D eigenvalue weighted by molar-refractivity contribution is -0.0283. The first-order valence-electron chi connectivity index (χ1n) is 9.30. The maximum absolute atomic E-state index is 14.1. The van der Waals surface area contributed by atoms with Crippen LogP contribution in [0.2, 0.25) is 5.02 Å². The van der Waals surface area contributed by atoms with Crippen molar-refractivity contribution in [2.24, 2.45) is 29.1 Å². The van der Waals surface area contributed by atoms with Crippen LogP contribution in [0.3, 0.4) is 0 Å². The summed E-state index contributed by atoms with van der Waals surface area (Å²) in [5.74, 6) is 1.00. The molecule has 2 bridgehead atoms. The number of ketones is 1. The fourth-order valence-electron chi connectivity index (χ4n) is 5.07. The monoisotopic (exact) mass is 377 g/mol. The predicted octanol–water partition coefficient (Wildman–Crippen LogP) is 5.66. The Morgan fingerprint density at radius 1 is 1.35 bits per heavy atom. The van der Waals surface area contributed by atoms with Crippen LogP contribution < -0.4 is 4.74 Å². The summed E-state index contributed by atoms with van der Waals surface area (Å²) in [6.45, 7) is 5.88. The number of ether oxygens (including phenoxy) is 1. The summed E-state index contributed by atoms with van der Waals surface area (Å²) in [7, 11) is 0. The zero-order valence-electron chi connectivity index (χ0n) is 15.5. The molecule has 3 rings (SSSR count). The van der Waals surface area contributed by atoms with Gasteiger partial charge in [-0.1, -0.05) is 25.4 Å². The second kappa shape index (κ2) is 7.19. The van der Waals surface area contributed by atoms with Gasteiger partial charge in [0.15, 0.2) is 5.78 Å². The number of nitriles is 1. The van der Waals surface area contributed by atoms with Crippen LogP contribution in [0.5, 0.6) is 5.75 Å². The smallest absolute Gasteiger partial charge is 0.162 e. The van der Waals surface area contributed by atoms with Crippen molar-refractivity contribution >= 4 is 17.4 Å². The molecule has 0 spiro atoms. The molecule has 0 N–H and O–H groups in total. The number of benzene rings is 1. The minimum Gasteiger partial charge on any atom is -0.490 e. The second-order valence-electron chi connectivity index (χ2n) is 8.27. The van der Waals surface area contributed by atoms with Crippen molar-refractivity contribution in [3.8, 4) is 11.8 Å². The van der Waals surface area contributed by atoms with Crippen LogP contribution in [-0.4, -0.2) is 12.4 Å². The molecule has 1 aromatic rings. The summed E-state index contributed by atoms with van der Waals surface area (Å²) in [4.78, 5) is 11.4. The fraction of sp³-hybridized carbons (Fsp3) is 0.619. The van der Waals surface area contributed by atoms with Gasteiger partial charge in [-0.3, -0.25) is 4.79 Å². The molecule has 2 saturated carbocycles. The molecule has 3 nitrogen and oxygen atoms in total. The fourth-order valence-corrected chi connectivity index (χ4v) is 5.29. The molecule has 2 aliphatic carbocycles. The molecule has 2 aliphatic rings. The number of halogens is 2. The van der Waals surface area contributed by atoms with Gasteiger partial charge in [-0.05, 0) is 62.3 Å². The van der Waals surface area contributed by atoms with E-state index in [9.17, 15) is 14.4 Å². The number of nitrogens with zero attached hydrogens (tertiary/aromatic N) is 1. The molecule has 0 aliphatic heterocycles. The van der Waals surface area contributed by atoms with E-state index in [1.165, 1.54) is 19.4 Å². The quantitative estimate of drug-likeness (QED) is 0.636. The van der Waals surface area contributed by atoms with Crippen molar-refractivity contribution in [3.05, 3.63) is 28.5 Å². The van der Waals surface area contributed by atoms with E-state index in [0.29, 0.717) is 17.8 Å². The highest BCUT2D eigenvalue weighted by Gasteiger charge is 2.51. The lowest BCUT2D eigenvalue weighted by atomic mass is 9.53. The van der Waals surface area contributed by atoms with Gasteiger partial charge in [0, 0.05) is 6.07 Å². The van der Waals surface area contributed by atoms with Crippen LogP contribution in [-0.2, 0) is 0 Å². The summed E-state index contributed by atoms with van der Waals surface area (Å²) >= 11 is 6.19. The number of hydrogen-bond donors (Lipinski definition) is 0. The number of Topliss-reactive ketones (excluding diaryl/α,β-unsaturated/α-hetero) is 1. The van der Waals surface area contributed by atoms with Crippen LogP contribution in [0, 0.1) is 46.2 Å². The molecule has 5 atom stereocenters. The summed E-state index contributed by atoms with van der Waals surface area (Å²) < 4.78 is 20.0. The molecule has 0 amide bonds. The van der Waals surface area contributed by atoms with Crippen LogP contribution in [0.4, 0.5) is 4.39 Å². The highest BCUT2D eigenvalue weighted by molar-refractivity contribution is 6.32. The maximum atomic E-state index is 14.1. The van der Waals surface area contributed by atoms with E-state index in [-0.39, 0.29) is 34.6 Å². The van der Waals surface area contributed by atoms with Gasteiger partial charge in [-0.15, -0.1) is 0 Å². The summed E-state index contributed by atoms with van der Waals surface area (Å²) in [6, 6.07) is 5.02. The first kappa shape index (κ1) is 19.2. The van der Waals surface area contributed by atoms with Gasteiger partial charge in [0.05, 0.1) is 22.1 Å². The Balaban J connectivity index is 1.84. The van der Waals surface area contributed by atoms with Crippen molar-refractivity contribution in [1.82, 2.24) is 0 Å². The molecule has 5 unspecified atom stereocenters. The van der Waals surface area contributed by atoms with Crippen LogP contribution in [0.1, 0.15) is 56.8 Å². The Morgan fingerprint density at radius 3 is 2.73 bits per heavy atom. The van der Waals surface area contributed by atoms with Crippen molar-refractivity contribution in [2.45, 2.75) is 46.5 Å². The third-order valence-electron chi connectivity index (χ3n) is 6.41. The Kier molecular flexibility index (Phi) is 5.30. The van der Waals surface area contributed by atoms with Gasteiger partial charge in [0.25, 0.3) is 0 Å². The second-order valence-corrected chi connectivity index (χ2v) is 8.68. The minimum atomic E-state index is -0.647. The van der Waals surface area contributed by atoms with Crippen LogP contribution in [0.25, 0.3) is 0 Å². The van der Waals surface area contributed by atoms with E-state index in [4.69, 9.17) is 16.3 Å². The molecule has 26 heavy (non-hydrogen) atoms. The summed E-state index contributed by atoms with van der Waals surface area (Å²) in [5, 5.41) is 10.2. The third kappa shape index (κ3) is 3.34. The van der Waals surface area contributed by atoms with E-state index in [1.807, 2.05) is 0 Å². The van der Waals surface area contributed by atoms with Crippen molar-refractivity contribution in [2.75, 3.05) is 6.61 Å². The summed E-state index contributed by atoms with van der Waals surface area (Å²) in [6.07, 6.45) is 4.37. The van der Waals surface area contributed by atoms with Gasteiger partial charge in [-0.2, -0.15) is 5.26 Å². The molecular formula is C21H25ClFNO2. The molecule has 5 heteroatoms. The Hall–Kier alpha value is -1.60. The molecular weight excluding hydrogens is 353 g/mol. The van der Waals surface area contributed by atoms with Gasteiger partial charge >= 0.3 is 0 Å². The first-order valence-corrected chi connectivity index (χ1v) is 9.68. The van der Waals surface area contributed by atoms with Crippen LogP contribution in [0.15, 0.2) is 12.1 Å². The number of hydrogen-bond acceptors (Lipinski definition) is 3. The standard InChI is InChI=1S/C21H25ClFNO2/c1-12-4-15-6-13(2)21(10-24,16(5-12)7-15)11-26-20-9-19(23)17(14(3)25)8-18(20)22/h8-9,12-13,15-16H,4-7,11H2,1-3H3. The molecule has 1 aromatic carbocycles. The molecule has 0 aromatic heterocycles. The van der Waals surface area contributed by atoms with E-state index >= 15 is 0 Å². The first-order chi connectivity index (χ1) is 12.3. The minimum absolute atomic E-state index is 0.0488. The molecule has 0 heterocycles. The highest BCUT2D eigenvalue weighted by Crippen LogP contribution is 2.54. The molecule has 0 saturated heterocycles. The van der Waals surface area contributed by atoms with E-state index in [2.05, 4.69) is 19.9 Å². The van der Waals surface area contributed by atoms with Gasteiger partial charge in [-0.25, -0.2) is 4.39 Å². The average molecular weight is 378 g/mol. The molecule has 0 radical (unpaired) electrons. The van der Waals surface area contributed by atoms with E-state index in [1.54, 1.807) is 0 Å².